The predicted octanol–water partition coefficient (Wildman–Crippen LogP) is 3.95. The van der Waals surface area contributed by atoms with E-state index in [1.54, 1.807) is 4.90 Å². The maximum Gasteiger partial charge on any atom is 0.319 e. The monoisotopic (exact) mass is 515 g/mol. The Hall–Kier alpha value is -2.39. The van der Waals surface area contributed by atoms with Gasteiger partial charge in [-0.3, -0.25) is 4.90 Å². The van der Waals surface area contributed by atoms with Gasteiger partial charge in [-0.1, -0.05) is 15.9 Å². The molecule has 0 atom stereocenters. The van der Waals surface area contributed by atoms with Crippen molar-refractivity contribution in [3.8, 4) is 0 Å². The maximum absolute atomic E-state index is 12.4. The Kier molecular flexibility index (Phi) is 7.38. The highest BCUT2D eigenvalue weighted by Gasteiger charge is 2.30. The molecule has 5 N–H and O–H groups in total. The van der Waals surface area contributed by atoms with E-state index in [1.807, 2.05) is 32.3 Å². The number of nitrogens with zero attached hydrogens (tertiary/aromatic N) is 4. The Balaban J connectivity index is 1.45. The zero-order valence-electron chi connectivity index (χ0n) is 19.5. The smallest absolute Gasteiger partial charge is 0.319 e. The van der Waals surface area contributed by atoms with Gasteiger partial charge in [0.1, 0.15) is 5.82 Å². The van der Waals surface area contributed by atoms with Gasteiger partial charge in [-0.15, -0.1) is 0 Å². The average Bonchev–Trinajstić information content (AvgIpc) is 2.80. The molecule has 1 aromatic carbocycles. The van der Waals surface area contributed by atoms with Crippen LogP contribution in [0.25, 0.3) is 0 Å². The van der Waals surface area contributed by atoms with Crippen LogP contribution < -0.4 is 26.6 Å². The second-order valence-electron chi connectivity index (χ2n) is 9.24. The molecule has 0 unspecified atom stereocenters. The van der Waals surface area contributed by atoms with Crippen LogP contribution in [-0.2, 0) is 19.4 Å². The van der Waals surface area contributed by atoms with Gasteiger partial charge in [0.15, 0.2) is 0 Å². The van der Waals surface area contributed by atoms with Crippen molar-refractivity contribution >= 4 is 39.4 Å². The van der Waals surface area contributed by atoms with Gasteiger partial charge in [0.25, 0.3) is 0 Å². The number of carbonyl (C=O) groups excluding carboxylic acids is 1. The van der Waals surface area contributed by atoms with Gasteiger partial charge in [-0.05, 0) is 75.1 Å². The molecular formula is C24H34BrN7O. The molecule has 0 radical (unpaired) electrons. The third-order valence-corrected chi connectivity index (χ3v) is 7.52. The number of aryl methyl sites for hydroxylation is 1. The Morgan fingerprint density at radius 2 is 1.88 bits per heavy atom. The normalized spacial score (nSPS) is 20.1. The van der Waals surface area contributed by atoms with E-state index >= 15 is 0 Å². The lowest BCUT2D eigenvalue weighted by molar-refractivity contribution is 0.248. The van der Waals surface area contributed by atoms with Crippen molar-refractivity contribution in [3.63, 3.8) is 0 Å². The van der Waals surface area contributed by atoms with Crippen LogP contribution in [0.2, 0.25) is 0 Å². The van der Waals surface area contributed by atoms with E-state index in [9.17, 15) is 4.79 Å². The minimum atomic E-state index is -0.426. The standard InChI is InChI=1S/C24H34BrN7O/c1-31(2)22-19-5-3-4-6-21(19)29-24(30-22)28-16-7-9-17(10-8-16)32(23(27)33)18-11-12-20(25)15(13-18)14-26/h11-13,16-17H,3-10,14,26H2,1-2H3,(H2,27,33)(H,28,29,30). The minimum absolute atomic E-state index is 0.0640. The number of fused-ring (bicyclic) bond motifs is 1. The molecule has 0 saturated heterocycles. The maximum atomic E-state index is 12.4. The van der Waals surface area contributed by atoms with Crippen molar-refractivity contribution < 1.29 is 4.79 Å². The largest absolute Gasteiger partial charge is 0.362 e. The fraction of sp³-hybridized carbons (Fsp3) is 0.542. The molecular weight excluding hydrogens is 482 g/mol. The first-order chi connectivity index (χ1) is 15.9. The molecule has 0 aliphatic heterocycles. The number of nitrogens with two attached hydrogens (primary N) is 2. The first-order valence-corrected chi connectivity index (χ1v) is 12.6. The topological polar surface area (TPSA) is 113 Å². The van der Waals surface area contributed by atoms with Crippen molar-refractivity contribution in [3.05, 3.63) is 39.5 Å². The predicted molar refractivity (Wildman–Crippen MR) is 137 cm³/mol. The molecule has 0 spiro atoms. The van der Waals surface area contributed by atoms with E-state index in [4.69, 9.17) is 21.4 Å². The molecule has 178 valence electrons. The number of amides is 2. The summed E-state index contributed by atoms with van der Waals surface area (Å²) in [5.41, 5.74) is 15.9. The molecule has 33 heavy (non-hydrogen) atoms. The Morgan fingerprint density at radius 1 is 1.15 bits per heavy atom. The van der Waals surface area contributed by atoms with Gasteiger partial charge < -0.3 is 21.7 Å². The van der Waals surface area contributed by atoms with E-state index in [1.165, 1.54) is 24.1 Å². The number of carbonyl (C=O) groups is 1. The summed E-state index contributed by atoms with van der Waals surface area (Å²) in [4.78, 5) is 25.9. The molecule has 2 aliphatic rings. The molecule has 4 rings (SSSR count). The van der Waals surface area contributed by atoms with Crippen LogP contribution in [0.5, 0.6) is 0 Å². The van der Waals surface area contributed by atoms with Crippen LogP contribution in [0.3, 0.4) is 0 Å². The van der Waals surface area contributed by atoms with Gasteiger partial charge in [0.05, 0.1) is 5.69 Å². The number of halogens is 1. The van der Waals surface area contributed by atoms with Crippen LogP contribution in [0.15, 0.2) is 22.7 Å². The number of hydrogen-bond acceptors (Lipinski definition) is 6. The van der Waals surface area contributed by atoms with Gasteiger partial charge >= 0.3 is 6.03 Å². The van der Waals surface area contributed by atoms with E-state index in [0.29, 0.717) is 6.54 Å². The number of hydrogen-bond donors (Lipinski definition) is 3. The van der Waals surface area contributed by atoms with Gasteiger partial charge in [-0.2, -0.15) is 4.98 Å². The summed E-state index contributed by atoms with van der Waals surface area (Å²) in [6, 6.07) is 5.71. The zero-order chi connectivity index (χ0) is 23.5. The molecule has 1 aromatic heterocycles. The Labute approximate surface area is 204 Å². The van der Waals surface area contributed by atoms with E-state index < -0.39 is 6.03 Å². The summed E-state index contributed by atoms with van der Waals surface area (Å²) >= 11 is 3.51. The van der Waals surface area contributed by atoms with Crippen LogP contribution in [0.4, 0.5) is 22.2 Å². The fourth-order valence-corrected chi connectivity index (χ4v) is 5.46. The number of primary amides is 1. The second kappa shape index (κ2) is 10.3. The first-order valence-electron chi connectivity index (χ1n) is 11.8. The summed E-state index contributed by atoms with van der Waals surface area (Å²) in [5.74, 6) is 1.75. The number of anilines is 3. The van der Waals surface area contributed by atoms with Gasteiger partial charge in [0.2, 0.25) is 5.95 Å². The van der Waals surface area contributed by atoms with Crippen molar-refractivity contribution in [1.82, 2.24) is 9.97 Å². The van der Waals surface area contributed by atoms with Crippen LogP contribution in [0, 0.1) is 0 Å². The van der Waals surface area contributed by atoms with Crippen molar-refractivity contribution in [1.29, 1.82) is 0 Å². The van der Waals surface area contributed by atoms with Crippen LogP contribution in [-0.4, -0.2) is 42.2 Å². The molecule has 2 aliphatic carbocycles. The molecule has 2 amide bonds. The highest BCUT2D eigenvalue weighted by molar-refractivity contribution is 9.10. The van der Waals surface area contributed by atoms with E-state index in [2.05, 4.69) is 26.1 Å². The van der Waals surface area contributed by atoms with Crippen LogP contribution >= 0.6 is 15.9 Å². The number of benzene rings is 1. The van der Waals surface area contributed by atoms with Gasteiger partial charge in [0, 0.05) is 48.4 Å². The average molecular weight is 516 g/mol. The lowest BCUT2D eigenvalue weighted by Gasteiger charge is -2.36. The summed E-state index contributed by atoms with van der Waals surface area (Å²) < 4.78 is 0.938. The second-order valence-corrected chi connectivity index (χ2v) is 10.1. The third-order valence-electron chi connectivity index (χ3n) is 6.74. The molecule has 1 saturated carbocycles. The minimum Gasteiger partial charge on any atom is -0.362 e. The molecule has 8 nitrogen and oxygen atoms in total. The molecule has 2 aromatic rings. The number of rotatable bonds is 6. The van der Waals surface area contributed by atoms with Crippen molar-refractivity contribution in [2.24, 2.45) is 11.5 Å². The quantitative estimate of drug-likeness (QED) is 0.536. The molecule has 9 heteroatoms. The summed E-state index contributed by atoms with van der Waals surface area (Å²) in [5, 5.41) is 3.57. The Morgan fingerprint density at radius 3 is 2.55 bits per heavy atom. The number of urea groups is 1. The number of nitrogens with one attached hydrogen (secondary N) is 1. The third kappa shape index (κ3) is 5.24. The van der Waals surface area contributed by atoms with Crippen LogP contribution in [0.1, 0.15) is 55.3 Å². The number of aromatic nitrogens is 2. The summed E-state index contributed by atoms with van der Waals surface area (Å²) in [7, 11) is 4.09. The SMILES string of the molecule is CN(C)c1nc(NC2CCC(N(C(N)=O)c3ccc(Br)c(CN)c3)CC2)nc2c1CCCC2. The fourth-order valence-electron chi connectivity index (χ4n) is 5.06. The molecule has 1 fully saturated rings. The van der Waals surface area contributed by atoms with Gasteiger partial charge in [-0.25, -0.2) is 9.78 Å². The van der Waals surface area contributed by atoms with Crippen molar-refractivity contribution in [2.75, 3.05) is 29.2 Å². The first kappa shape index (κ1) is 23.8. The van der Waals surface area contributed by atoms with E-state index in [-0.39, 0.29) is 12.1 Å². The van der Waals surface area contributed by atoms with E-state index in [0.717, 1.165) is 66.0 Å². The summed E-state index contributed by atoms with van der Waals surface area (Å²) in [6.07, 6.45) is 8.03. The molecule has 1 heterocycles. The lowest BCUT2D eigenvalue weighted by atomic mass is 9.90. The van der Waals surface area contributed by atoms with Crippen molar-refractivity contribution in [2.45, 2.75) is 70.0 Å². The highest BCUT2D eigenvalue weighted by atomic mass is 79.9. The summed E-state index contributed by atoms with van der Waals surface area (Å²) in [6.45, 7) is 0.396. The molecule has 0 bridgehead atoms. The highest BCUT2D eigenvalue weighted by Crippen LogP contribution is 2.32. The lowest BCUT2D eigenvalue weighted by Crippen LogP contribution is -2.47. The Bertz CT molecular complexity index is 1000. The zero-order valence-corrected chi connectivity index (χ0v) is 21.1.